The third-order valence-corrected chi connectivity index (χ3v) is 5.13. The highest BCUT2D eigenvalue weighted by Crippen LogP contribution is 2.33. The molecule has 1 aliphatic heterocycles. The molecule has 1 aliphatic rings. The van der Waals surface area contributed by atoms with Crippen LogP contribution in [0.3, 0.4) is 0 Å². The van der Waals surface area contributed by atoms with E-state index in [4.69, 9.17) is 0 Å². The molecule has 0 atom stereocenters. The van der Waals surface area contributed by atoms with Crippen LogP contribution < -0.4 is 0 Å². The summed E-state index contributed by atoms with van der Waals surface area (Å²) in [5, 5.41) is 0. The van der Waals surface area contributed by atoms with Crippen LogP contribution in [0.5, 0.6) is 0 Å². The normalized spacial score (nSPS) is 16.3. The highest BCUT2D eigenvalue weighted by molar-refractivity contribution is 5.98. The molecule has 2 aromatic rings. The van der Waals surface area contributed by atoms with Crippen LogP contribution in [0.4, 0.5) is 17.6 Å². The fraction of sp³-hybridized carbons (Fsp3) is 0.429. The Bertz CT molecular complexity index is 843. The summed E-state index contributed by atoms with van der Waals surface area (Å²) in [6, 6.07) is 7.40. The van der Waals surface area contributed by atoms with Gasteiger partial charge in [-0.05, 0) is 75.6 Å². The number of hydrogen-bond donors (Lipinski definition) is 0. The molecule has 0 unspecified atom stereocenters. The summed E-state index contributed by atoms with van der Waals surface area (Å²) in [7, 11) is 2.09. The summed E-state index contributed by atoms with van der Waals surface area (Å²) in [5.41, 5.74) is -0.515. The van der Waals surface area contributed by atoms with Crippen molar-refractivity contribution in [1.29, 1.82) is 0 Å². The summed E-state index contributed by atoms with van der Waals surface area (Å²) < 4.78 is 52.7. The molecule has 2 heterocycles. The third-order valence-electron chi connectivity index (χ3n) is 5.13. The number of benzene rings is 1. The van der Waals surface area contributed by atoms with Gasteiger partial charge in [0.1, 0.15) is 5.82 Å². The lowest BCUT2D eigenvalue weighted by molar-refractivity contribution is -0.138. The molecule has 0 bridgehead atoms. The quantitative estimate of drug-likeness (QED) is 0.551. The van der Waals surface area contributed by atoms with Gasteiger partial charge in [0.25, 0.3) is 0 Å². The van der Waals surface area contributed by atoms with Crippen LogP contribution in [0, 0.1) is 11.7 Å². The van der Waals surface area contributed by atoms with Crippen LogP contribution >= 0.6 is 0 Å². The van der Waals surface area contributed by atoms with Crippen molar-refractivity contribution in [3.63, 3.8) is 0 Å². The fourth-order valence-corrected chi connectivity index (χ4v) is 3.56. The van der Waals surface area contributed by atoms with Crippen molar-refractivity contribution in [3.05, 3.63) is 64.7 Å². The van der Waals surface area contributed by atoms with Gasteiger partial charge in [0.2, 0.25) is 0 Å². The number of carbonyl (C=O) groups excluding carboxylic acids is 1. The molecule has 3 nitrogen and oxygen atoms in total. The molecule has 7 heteroatoms. The molecule has 1 aromatic carbocycles. The number of ketones is 1. The van der Waals surface area contributed by atoms with Crippen molar-refractivity contribution >= 4 is 5.78 Å². The highest BCUT2D eigenvalue weighted by atomic mass is 19.4. The lowest BCUT2D eigenvalue weighted by atomic mass is 9.92. The first-order valence-electron chi connectivity index (χ1n) is 9.25. The Kier molecular flexibility index (Phi) is 6.13. The topological polar surface area (TPSA) is 33.2 Å². The third kappa shape index (κ3) is 5.16. The second-order valence-corrected chi connectivity index (χ2v) is 7.36. The lowest BCUT2D eigenvalue weighted by Crippen LogP contribution is -2.31. The molecule has 0 spiro atoms. The van der Waals surface area contributed by atoms with Crippen LogP contribution in [0.15, 0.2) is 36.4 Å². The maximum atomic E-state index is 13.2. The predicted octanol–water partition coefficient (Wildman–Crippen LogP) is 4.55. The van der Waals surface area contributed by atoms with Gasteiger partial charge >= 0.3 is 6.18 Å². The van der Waals surface area contributed by atoms with Crippen LogP contribution in [0.1, 0.15) is 40.2 Å². The molecule has 0 N–H and O–H groups in total. The number of likely N-dealkylation sites (tertiary alicyclic amines) is 1. The molecule has 0 saturated carbocycles. The van der Waals surface area contributed by atoms with E-state index in [0.29, 0.717) is 17.7 Å². The van der Waals surface area contributed by atoms with Crippen LogP contribution in [0.2, 0.25) is 0 Å². The Hall–Kier alpha value is -2.28. The zero-order valence-electron chi connectivity index (χ0n) is 15.6. The van der Waals surface area contributed by atoms with E-state index < -0.39 is 28.9 Å². The number of hydrogen-bond acceptors (Lipinski definition) is 3. The molecule has 3 rings (SSSR count). The Morgan fingerprint density at radius 1 is 1.14 bits per heavy atom. The molecule has 1 fully saturated rings. The molecular formula is C21H22F4N2O. The summed E-state index contributed by atoms with van der Waals surface area (Å²) in [5.74, 6) is -1.23. The number of Topliss-reactive ketones (excluding diaryl/α,β-unsaturated/α-hetero) is 1. The average molecular weight is 394 g/mol. The smallest absolute Gasteiger partial charge is 0.306 e. The molecule has 1 saturated heterocycles. The van der Waals surface area contributed by atoms with E-state index >= 15 is 0 Å². The first kappa shape index (κ1) is 20.5. The first-order chi connectivity index (χ1) is 13.2. The molecular weight excluding hydrogens is 372 g/mol. The maximum absolute atomic E-state index is 13.2. The lowest BCUT2D eigenvalue weighted by Gasteiger charge is -2.28. The first-order valence-corrected chi connectivity index (χ1v) is 9.25. The fourth-order valence-electron chi connectivity index (χ4n) is 3.56. The zero-order chi connectivity index (χ0) is 20.3. The van der Waals surface area contributed by atoms with Crippen molar-refractivity contribution in [2.24, 2.45) is 5.92 Å². The van der Waals surface area contributed by atoms with Gasteiger partial charge in [-0.1, -0.05) is 6.07 Å². The maximum Gasteiger partial charge on any atom is 0.417 e. The van der Waals surface area contributed by atoms with Gasteiger partial charge in [0.05, 0.1) is 12.0 Å². The standard InChI is InChI=1S/C21H22F4N2O/c1-27-9-7-14(8-10-27)11-16-3-2-4-17(26-16)13-20(28)18-6-5-15(22)12-19(18)21(23,24)25/h2-6,12,14H,7-11,13H2,1H3. The van der Waals surface area contributed by atoms with Crippen molar-refractivity contribution in [2.75, 3.05) is 20.1 Å². The molecule has 0 amide bonds. The van der Waals surface area contributed by atoms with E-state index in [2.05, 4.69) is 16.9 Å². The monoisotopic (exact) mass is 394 g/mol. The highest BCUT2D eigenvalue weighted by Gasteiger charge is 2.35. The van der Waals surface area contributed by atoms with Crippen molar-refractivity contribution in [1.82, 2.24) is 9.88 Å². The number of alkyl halides is 3. The molecule has 0 aliphatic carbocycles. The van der Waals surface area contributed by atoms with Gasteiger partial charge in [0.15, 0.2) is 5.78 Å². The molecule has 1 aromatic heterocycles. The minimum Gasteiger partial charge on any atom is -0.306 e. The Balaban J connectivity index is 1.73. The van der Waals surface area contributed by atoms with E-state index in [1.807, 2.05) is 6.07 Å². The van der Waals surface area contributed by atoms with Gasteiger partial charge < -0.3 is 4.90 Å². The second kappa shape index (κ2) is 8.39. The Labute approximate surface area is 161 Å². The van der Waals surface area contributed by atoms with Crippen molar-refractivity contribution in [2.45, 2.75) is 31.9 Å². The van der Waals surface area contributed by atoms with Gasteiger partial charge in [-0.3, -0.25) is 9.78 Å². The molecule has 0 radical (unpaired) electrons. The predicted molar refractivity (Wildman–Crippen MR) is 97.6 cm³/mol. The minimum atomic E-state index is -4.80. The van der Waals surface area contributed by atoms with Crippen LogP contribution in [-0.2, 0) is 19.0 Å². The minimum absolute atomic E-state index is 0.254. The Morgan fingerprint density at radius 3 is 2.50 bits per heavy atom. The number of nitrogens with zero attached hydrogens (tertiary/aromatic N) is 2. The van der Waals surface area contributed by atoms with Crippen LogP contribution in [-0.4, -0.2) is 35.8 Å². The van der Waals surface area contributed by atoms with Gasteiger partial charge in [-0.15, -0.1) is 0 Å². The van der Waals surface area contributed by atoms with Crippen LogP contribution in [0.25, 0.3) is 0 Å². The number of piperidine rings is 1. The number of aromatic nitrogens is 1. The van der Waals surface area contributed by atoms with Gasteiger partial charge in [-0.2, -0.15) is 13.2 Å². The molecule has 150 valence electrons. The Morgan fingerprint density at radius 2 is 1.82 bits per heavy atom. The summed E-state index contributed by atoms with van der Waals surface area (Å²) in [6.07, 6.45) is -2.11. The van der Waals surface area contributed by atoms with E-state index in [0.717, 1.165) is 50.2 Å². The number of carbonyl (C=O) groups is 1. The number of halogens is 4. The van der Waals surface area contributed by atoms with Crippen molar-refractivity contribution in [3.8, 4) is 0 Å². The summed E-state index contributed by atoms with van der Waals surface area (Å²) in [6.45, 7) is 2.07. The van der Waals surface area contributed by atoms with Gasteiger partial charge in [0, 0.05) is 17.0 Å². The van der Waals surface area contributed by atoms with Gasteiger partial charge in [-0.25, -0.2) is 4.39 Å². The van der Waals surface area contributed by atoms with E-state index in [1.165, 1.54) is 0 Å². The summed E-state index contributed by atoms with van der Waals surface area (Å²) >= 11 is 0. The van der Waals surface area contributed by atoms with E-state index in [-0.39, 0.29) is 6.42 Å². The average Bonchev–Trinajstić information content (AvgIpc) is 2.63. The SMILES string of the molecule is CN1CCC(Cc2cccc(CC(=O)c3ccc(F)cc3C(F)(F)F)n2)CC1. The molecule has 28 heavy (non-hydrogen) atoms. The van der Waals surface area contributed by atoms with E-state index in [9.17, 15) is 22.4 Å². The second-order valence-electron chi connectivity index (χ2n) is 7.36. The van der Waals surface area contributed by atoms with Crippen molar-refractivity contribution < 1.29 is 22.4 Å². The van der Waals surface area contributed by atoms with E-state index in [1.54, 1.807) is 12.1 Å². The largest absolute Gasteiger partial charge is 0.417 e. The summed E-state index contributed by atoms with van der Waals surface area (Å²) in [4.78, 5) is 19.2. The zero-order valence-corrected chi connectivity index (χ0v) is 15.6. The number of rotatable bonds is 5. The number of pyridine rings is 1.